The lowest BCUT2D eigenvalue weighted by Crippen LogP contribution is -2.03. The maximum atomic E-state index is 5.47. The third-order valence-electron chi connectivity index (χ3n) is 12.2. The van der Waals surface area contributed by atoms with Gasteiger partial charge in [-0.2, -0.15) is 0 Å². The largest absolute Gasteiger partial charge is 0.307 e. The molecule has 0 fully saturated rings. The highest BCUT2D eigenvalue weighted by atomic mass is 32.1. The normalized spacial score (nSPS) is 11.9. The van der Waals surface area contributed by atoms with E-state index in [1.54, 1.807) is 11.3 Å². The van der Waals surface area contributed by atoms with Crippen LogP contribution in [0.3, 0.4) is 0 Å². The Balaban J connectivity index is 1.14. The quantitative estimate of drug-likeness (QED) is 0.174. The molecule has 6 heteroatoms. The highest BCUT2D eigenvalue weighted by Crippen LogP contribution is 2.44. The minimum Gasteiger partial charge on any atom is -0.307 e. The van der Waals surface area contributed by atoms with Gasteiger partial charge in [0.15, 0.2) is 17.5 Å². The molecule has 0 aliphatic carbocycles. The molecule has 13 aromatic rings. The van der Waals surface area contributed by atoms with Crippen LogP contribution in [0.1, 0.15) is 0 Å². The molecular weight excluding hydrogens is 763 g/mol. The van der Waals surface area contributed by atoms with Crippen molar-refractivity contribution in [2.45, 2.75) is 0 Å². The minimum atomic E-state index is 0.622. The fourth-order valence-corrected chi connectivity index (χ4v) is 10.7. The second kappa shape index (κ2) is 13.3. The van der Waals surface area contributed by atoms with Crippen molar-refractivity contribution in [1.82, 2.24) is 24.1 Å². The molecule has 0 spiro atoms. The lowest BCUT2D eigenvalue weighted by Gasteiger charge is -2.16. The Labute approximate surface area is 354 Å². The first kappa shape index (κ1) is 34.0. The number of nitrogens with zero attached hydrogens (tertiary/aromatic N) is 5. The summed E-state index contributed by atoms with van der Waals surface area (Å²) >= 11 is 1.79. The highest BCUT2D eigenvalue weighted by molar-refractivity contribution is 7.26. The average molecular weight is 796 g/mol. The predicted octanol–water partition coefficient (Wildman–Crippen LogP) is 14.6. The number of benzene rings is 9. The van der Waals surface area contributed by atoms with E-state index < -0.39 is 0 Å². The van der Waals surface area contributed by atoms with E-state index in [1.807, 2.05) is 0 Å². The standard InChI is InChI=1S/C55H33N5S/c1-2-17-37(18-3-1)59-46-27-9-6-20-39(46)42-23-14-29-48(51(42)59)60-47-28-10-7-19-38(47)41-22-12-25-44(50(41)60)54-56-53(36-32-31-34-15-4-5-16-35(34)33-36)57-55(58-54)45-26-13-24-43-40-21-8-11-30-49(40)61-52(43)45/h1-33H. The first-order valence-electron chi connectivity index (χ1n) is 20.5. The summed E-state index contributed by atoms with van der Waals surface area (Å²) < 4.78 is 7.25. The zero-order valence-corrected chi connectivity index (χ0v) is 33.5. The van der Waals surface area contributed by atoms with E-state index in [-0.39, 0.29) is 0 Å². The third kappa shape index (κ3) is 5.16. The SMILES string of the molecule is c1ccc(-n2c3ccccc3c3cccc(-n4c5ccccc5c5cccc(-c6nc(-c7ccc8ccccc8c7)nc(-c7cccc8c7sc7ccccc78)n6)c54)c32)cc1. The topological polar surface area (TPSA) is 48.5 Å². The lowest BCUT2D eigenvalue weighted by molar-refractivity contribution is 1.07. The zero-order valence-electron chi connectivity index (χ0n) is 32.7. The Morgan fingerprint density at radius 3 is 1.74 bits per heavy atom. The number of rotatable bonds is 5. The van der Waals surface area contributed by atoms with E-state index in [0.717, 1.165) is 71.0 Å². The Bertz CT molecular complexity index is 3890. The van der Waals surface area contributed by atoms with Crippen molar-refractivity contribution in [3.8, 4) is 45.5 Å². The molecule has 61 heavy (non-hydrogen) atoms. The highest BCUT2D eigenvalue weighted by Gasteiger charge is 2.24. The van der Waals surface area contributed by atoms with Gasteiger partial charge in [-0.05, 0) is 65.4 Å². The van der Waals surface area contributed by atoms with Gasteiger partial charge in [-0.3, -0.25) is 0 Å². The summed E-state index contributed by atoms with van der Waals surface area (Å²) in [6.45, 7) is 0. The van der Waals surface area contributed by atoms with Gasteiger partial charge in [0.2, 0.25) is 0 Å². The van der Waals surface area contributed by atoms with Crippen molar-refractivity contribution >= 4 is 85.9 Å². The van der Waals surface area contributed by atoms with Gasteiger partial charge < -0.3 is 9.13 Å². The number of thiophene rings is 1. The van der Waals surface area contributed by atoms with Gasteiger partial charge in [-0.25, -0.2) is 15.0 Å². The molecule has 4 heterocycles. The summed E-state index contributed by atoms with van der Waals surface area (Å²) in [5.41, 5.74) is 9.51. The number of fused-ring (bicyclic) bond motifs is 10. The molecule has 0 amide bonds. The van der Waals surface area contributed by atoms with E-state index in [9.17, 15) is 0 Å². The van der Waals surface area contributed by atoms with Gasteiger partial charge in [-0.15, -0.1) is 11.3 Å². The van der Waals surface area contributed by atoms with Crippen molar-refractivity contribution in [1.29, 1.82) is 0 Å². The molecule has 0 radical (unpaired) electrons. The monoisotopic (exact) mass is 795 g/mol. The van der Waals surface area contributed by atoms with Gasteiger partial charge in [0.25, 0.3) is 0 Å². The molecule has 0 N–H and O–H groups in total. The van der Waals surface area contributed by atoms with E-state index in [2.05, 4.69) is 209 Å². The molecule has 9 aromatic carbocycles. The van der Waals surface area contributed by atoms with Crippen LogP contribution in [0.5, 0.6) is 0 Å². The number of para-hydroxylation sites is 5. The van der Waals surface area contributed by atoms with Gasteiger partial charge in [-0.1, -0.05) is 146 Å². The second-order valence-corrected chi connectivity index (χ2v) is 16.6. The van der Waals surface area contributed by atoms with E-state index >= 15 is 0 Å². The molecule has 0 aliphatic rings. The maximum absolute atomic E-state index is 5.47. The van der Waals surface area contributed by atoms with Crippen molar-refractivity contribution in [3.63, 3.8) is 0 Å². The molecule has 0 saturated carbocycles. The molecule has 284 valence electrons. The maximum Gasteiger partial charge on any atom is 0.166 e. The molecule has 5 nitrogen and oxygen atoms in total. The average Bonchev–Trinajstić information content (AvgIpc) is 4.00. The van der Waals surface area contributed by atoms with Crippen LogP contribution >= 0.6 is 11.3 Å². The fraction of sp³-hybridized carbons (Fsp3) is 0. The third-order valence-corrected chi connectivity index (χ3v) is 13.4. The molecule has 0 atom stereocenters. The molecule has 4 aromatic heterocycles. The number of aromatic nitrogens is 5. The Morgan fingerprint density at radius 2 is 0.934 bits per heavy atom. The van der Waals surface area contributed by atoms with Crippen LogP contribution in [0.25, 0.3) is 120 Å². The van der Waals surface area contributed by atoms with Crippen molar-refractivity contribution in [2.75, 3.05) is 0 Å². The van der Waals surface area contributed by atoms with E-state index in [1.165, 1.54) is 31.6 Å². The zero-order chi connectivity index (χ0) is 40.0. The summed E-state index contributed by atoms with van der Waals surface area (Å²) in [5.74, 6) is 1.91. The summed E-state index contributed by atoms with van der Waals surface area (Å²) in [4.78, 5) is 16.2. The summed E-state index contributed by atoms with van der Waals surface area (Å²) in [7, 11) is 0. The molecule has 0 aliphatic heterocycles. The first-order valence-corrected chi connectivity index (χ1v) is 21.3. The van der Waals surface area contributed by atoms with Crippen LogP contribution in [0.15, 0.2) is 200 Å². The number of hydrogen-bond acceptors (Lipinski definition) is 4. The van der Waals surface area contributed by atoms with Crippen LogP contribution in [-0.2, 0) is 0 Å². The second-order valence-electron chi connectivity index (χ2n) is 15.6. The van der Waals surface area contributed by atoms with Crippen molar-refractivity contribution < 1.29 is 0 Å². The van der Waals surface area contributed by atoms with Crippen LogP contribution < -0.4 is 0 Å². The van der Waals surface area contributed by atoms with Crippen LogP contribution in [0.2, 0.25) is 0 Å². The summed E-state index contributed by atoms with van der Waals surface area (Å²) in [6.07, 6.45) is 0. The van der Waals surface area contributed by atoms with Gasteiger partial charge in [0.05, 0.1) is 27.8 Å². The molecule has 0 bridgehead atoms. The number of hydrogen-bond donors (Lipinski definition) is 0. The smallest absolute Gasteiger partial charge is 0.166 e. The van der Waals surface area contributed by atoms with E-state index in [4.69, 9.17) is 15.0 Å². The first-order chi connectivity index (χ1) is 30.3. The summed E-state index contributed by atoms with van der Waals surface area (Å²) in [6, 6.07) is 71.4. The lowest BCUT2D eigenvalue weighted by atomic mass is 10.1. The summed E-state index contributed by atoms with van der Waals surface area (Å²) in [5, 5.41) is 9.46. The van der Waals surface area contributed by atoms with E-state index in [0.29, 0.717) is 17.5 Å². The van der Waals surface area contributed by atoms with Crippen molar-refractivity contribution in [3.05, 3.63) is 200 Å². The predicted molar refractivity (Wildman–Crippen MR) is 255 cm³/mol. The minimum absolute atomic E-state index is 0.622. The Morgan fingerprint density at radius 1 is 0.361 bits per heavy atom. The molecular formula is C55H33N5S. The van der Waals surface area contributed by atoms with Gasteiger partial charge in [0.1, 0.15) is 0 Å². The molecule has 13 rings (SSSR count). The molecule has 0 saturated heterocycles. The van der Waals surface area contributed by atoms with Crippen LogP contribution in [-0.4, -0.2) is 24.1 Å². The van der Waals surface area contributed by atoms with Crippen molar-refractivity contribution in [2.24, 2.45) is 0 Å². The van der Waals surface area contributed by atoms with Gasteiger partial charge >= 0.3 is 0 Å². The van der Waals surface area contributed by atoms with Gasteiger partial charge in [0, 0.05) is 64.1 Å². The van der Waals surface area contributed by atoms with Crippen LogP contribution in [0.4, 0.5) is 0 Å². The van der Waals surface area contributed by atoms with Crippen LogP contribution in [0, 0.1) is 0 Å². The Hall–Kier alpha value is -7.93. The molecule has 0 unspecified atom stereocenters. The Kier molecular flexibility index (Phi) is 7.41. The fourth-order valence-electron chi connectivity index (χ4n) is 9.47.